The normalized spacial score (nSPS) is 13.8. The number of nitrogens with zero attached hydrogens (tertiary/aromatic N) is 3. The third-order valence-corrected chi connectivity index (χ3v) is 3.03. The number of nitrogen functional groups attached to an aromatic ring is 1. The summed E-state index contributed by atoms with van der Waals surface area (Å²) in [5.74, 6) is 1.49. The molecule has 0 unspecified atom stereocenters. The van der Waals surface area contributed by atoms with Crippen LogP contribution in [0.15, 0.2) is 30.3 Å². The van der Waals surface area contributed by atoms with E-state index in [-0.39, 0.29) is 19.1 Å². The number of rotatable bonds is 2. The topological polar surface area (TPSA) is 81.3 Å². The first kappa shape index (κ1) is 12.4. The van der Waals surface area contributed by atoms with Crippen molar-refractivity contribution in [1.29, 1.82) is 0 Å². The lowest BCUT2D eigenvalue weighted by molar-refractivity contribution is -0.121. The van der Waals surface area contributed by atoms with E-state index in [0.29, 0.717) is 17.4 Å². The Bertz CT molecular complexity index is 652. The minimum absolute atomic E-state index is 0.0261. The highest BCUT2D eigenvalue weighted by Gasteiger charge is 2.26. The van der Waals surface area contributed by atoms with E-state index in [1.165, 1.54) is 0 Å². The van der Waals surface area contributed by atoms with Crippen molar-refractivity contribution >= 4 is 17.4 Å². The second-order valence-corrected chi connectivity index (χ2v) is 4.59. The third-order valence-electron chi connectivity index (χ3n) is 3.03. The summed E-state index contributed by atoms with van der Waals surface area (Å²) >= 11 is 0. The molecule has 1 aromatic carbocycles. The molecule has 0 radical (unpaired) electrons. The fourth-order valence-electron chi connectivity index (χ4n) is 2.20. The minimum Gasteiger partial charge on any atom is -0.482 e. The van der Waals surface area contributed by atoms with Gasteiger partial charge in [-0.2, -0.15) is 0 Å². The quantitative estimate of drug-likeness (QED) is 0.889. The Labute approximate surface area is 116 Å². The van der Waals surface area contributed by atoms with Gasteiger partial charge in [-0.15, -0.1) is 0 Å². The molecule has 2 heterocycles. The molecule has 0 saturated heterocycles. The maximum Gasteiger partial charge on any atom is 0.265 e. The van der Waals surface area contributed by atoms with E-state index in [4.69, 9.17) is 10.5 Å². The first-order chi connectivity index (χ1) is 9.63. The number of benzene rings is 1. The lowest BCUT2D eigenvalue weighted by atomic mass is 10.2. The fraction of sp³-hybridized carbons (Fsp3) is 0.214. The summed E-state index contributed by atoms with van der Waals surface area (Å²) in [7, 11) is 0. The van der Waals surface area contributed by atoms with Crippen molar-refractivity contribution in [2.24, 2.45) is 0 Å². The first-order valence-electron chi connectivity index (χ1n) is 6.26. The number of hydrogen-bond donors (Lipinski definition) is 1. The Morgan fingerprint density at radius 3 is 2.95 bits per heavy atom. The van der Waals surface area contributed by atoms with Crippen molar-refractivity contribution in [2.45, 2.75) is 13.5 Å². The summed E-state index contributed by atoms with van der Waals surface area (Å²) in [5, 5.41) is 0. The smallest absolute Gasteiger partial charge is 0.265 e. The molecule has 0 bridgehead atoms. The SMILES string of the molecule is Cc1cc(N)nc(CN2C(=O)COc3ccccc32)n1. The largest absolute Gasteiger partial charge is 0.482 e. The average molecular weight is 270 g/mol. The number of nitrogens with two attached hydrogens (primary N) is 1. The highest BCUT2D eigenvalue weighted by Crippen LogP contribution is 2.32. The van der Waals surface area contributed by atoms with E-state index in [2.05, 4.69) is 9.97 Å². The van der Waals surface area contributed by atoms with E-state index in [1.807, 2.05) is 31.2 Å². The molecular weight excluding hydrogens is 256 g/mol. The van der Waals surface area contributed by atoms with Crippen LogP contribution in [-0.2, 0) is 11.3 Å². The zero-order valence-corrected chi connectivity index (χ0v) is 11.0. The number of anilines is 2. The predicted octanol–water partition coefficient (Wildman–Crippen LogP) is 1.29. The highest BCUT2D eigenvalue weighted by molar-refractivity contribution is 5.97. The van der Waals surface area contributed by atoms with Gasteiger partial charge in [0.05, 0.1) is 12.2 Å². The summed E-state index contributed by atoms with van der Waals surface area (Å²) in [4.78, 5) is 22.1. The van der Waals surface area contributed by atoms with Crippen LogP contribution in [-0.4, -0.2) is 22.5 Å². The van der Waals surface area contributed by atoms with Crippen LogP contribution in [0.1, 0.15) is 11.5 Å². The first-order valence-corrected chi connectivity index (χ1v) is 6.26. The summed E-state index contributed by atoms with van der Waals surface area (Å²) in [6.45, 7) is 2.15. The lowest BCUT2D eigenvalue weighted by Gasteiger charge is -2.28. The van der Waals surface area contributed by atoms with Crippen molar-refractivity contribution in [3.8, 4) is 5.75 Å². The summed E-state index contributed by atoms with van der Waals surface area (Å²) in [5.41, 5.74) is 7.22. The predicted molar refractivity (Wildman–Crippen MR) is 74.3 cm³/mol. The number of aromatic nitrogens is 2. The molecule has 0 fully saturated rings. The van der Waals surface area contributed by atoms with E-state index in [0.717, 1.165) is 11.4 Å². The van der Waals surface area contributed by atoms with Gasteiger partial charge in [-0.3, -0.25) is 9.69 Å². The zero-order valence-electron chi connectivity index (χ0n) is 11.0. The van der Waals surface area contributed by atoms with Gasteiger partial charge >= 0.3 is 0 Å². The highest BCUT2D eigenvalue weighted by atomic mass is 16.5. The number of carbonyl (C=O) groups excluding carboxylic acids is 1. The molecule has 1 amide bonds. The van der Waals surface area contributed by atoms with Crippen LogP contribution in [0, 0.1) is 6.92 Å². The molecule has 1 aliphatic heterocycles. The number of carbonyl (C=O) groups is 1. The second-order valence-electron chi connectivity index (χ2n) is 4.59. The molecule has 20 heavy (non-hydrogen) atoms. The van der Waals surface area contributed by atoms with Crippen molar-refractivity contribution in [3.05, 3.63) is 41.9 Å². The Morgan fingerprint density at radius 1 is 1.35 bits per heavy atom. The number of amides is 1. The molecule has 6 heteroatoms. The van der Waals surface area contributed by atoms with Crippen LogP contribution in [0.4, 0.5) is 11.5 Å². The van der Waals surface area contributed by atoms with Crippen LogP contribution >= 0.6 is 0 Å². The van der Waals surface area contributed by atoms with Gasteiger partial charge in [0.15, 0.2) is 12.4 Å². The molecule has 0 atom stereocenters. The zero-order chi connectivity index (χ0) is 14.1. The van der Waals surface area contributed by atoms with Gasteiger partial charge in [-0.25, -0.2) is 9.97 Å². The third kappa shape index (κ3) is 2.27. The number of ether oxygens (including phenoxy) is 1. The Hall–Kier alpha value is -2.63. The van der Waals surface area contributed by atoms with Gasteiger partial charge in [0.1, 0.15) is 11.6 Å². The lowest BCUT2D eigenvalue weighted by Crippen LogP contribution is -2.38. The maximum absolute atomic E-state index is 12.0. The molecule has 1 aromatic heterocycles. The van der Waals surface area contributed by atoms with Crippen LogP contribution in [0.5, 0.6) is 5.75 Å². The van der Waals surface area contributed by atoms with Crippen LogP contribution in [0.25, 0.3) is 0 Å². The molecule has 6 nitrogen and oxygen atoms in total. The number of para-hydroxylation sites is 2. The van der Waals surface area contributed by atoms with Crippen molar-refractivity contribution < 1.29 is 9.53 Å². The average Bonchev–Trinajstić information content (AvgIpc) is 2.41. The van der Waals surface area contributed by atoms with E-state index >= 15 is 0 Å². The molecule has 2 N–H and O–H groups in total. The van der Waals surface area contributed by atoms with E-state index in [9.17, 15) is 4.79 Å². The number of hydrogen-bond acceptors (Lipinski definition) is 5. The monoisotopic (exact) mass is 270 g/mol. The van der Waals surface area contributed by atoms with Gasteiger partial charge in [0, 0.05) is 11.8 Å². The summed E-state index contributed by atoms with van der Waals surface area (Å²) in [6, 6.07) is 9.09. The van der Waals surface area contributed by atoms with Crippen LogP contribution in [0.3, 0.4) is 0 Å². The second kappa shape index (κ2) is 4.80. The Morgan fingerprint density at radius 2 is 2.15 bits per heavy atom. The molecule has 1 aliphatic rings. The van der Waals surface area contributed by atoms with Gasteiger partial charge in [-0.05, 0) is 19.1 Å². The van der Waals surface area contributed by atoms with Crippen molar-refractivity contribution in [2.75, 3.05) is 17.2 Å². The van der Waals surface area contributed by atoms with Crippen molar-refractivity contribution in [1.82, 2.24) is 9.97 Å². The molecule has 102 valence electrons. The van der Waals surface area contributed by atoms with Gasteiger partial charge in [0.2, 0.25) is 0 Å². The minimum atomic E-state index is -0.118. The Balaban J connectivity index is 1.95. The molecule has 0 saturated carbocycles. The summed E-state index contributed by atoms with van der Waals surface area (Å²) < 4.78 is 5.39. The molecule has 2 aromatic rings. The molecule has 0 spiro atoms. The number of aryl methyl sites for hydroxylation is 1. The van der Waals surface area contributed by atoms with E-state index < -0.39 is 0 Å². The fourth-order valence-corrected chi connectivity index (χ4v) is 2.20. The van der Waals surface area contributed by atoms with E-state index in [1.54, 1.807) is 11.0 Å². The van der Waals surface area contributed by atoms with Gasteiger partial charge in [0.25, 0.3) is 5.91 Å². The molecular formula is C14H14N4O2. The maximum atomic E-state index is 12.0. The van der Waals surface area contributed by atoms with Gasteiger partial charge < -0.3 is 10.5 Å². The van der Waals surface area contributed by atoms with Crippen molar-refractivity contribution in [3.63, 3.8) is 0 Å². The molecule has 0 aliphatic carbocycles. The summed E-state index contributed by atoms with van der Waals surface area (Å²) in [6.07, 6.45) is 0. The molecule has 3 rings (SSSR count). The van der Waals surface area contributed by atoms with Crippen LogP contribution in [0.2, 0.25) is 0 Å². The standard InChI is InChI=1S/C14H14N4O2/c1-9-6-12(15)17-13(16-9)7-18-10-4-2-3-5-11(10)20-8-14(18)19/h2-6H,7-8H2,1H3,(H2,15,16,17). The Kier molecular flexibility index (Phi) is 2.98. The van der Waals surface area contributed by atoms with Crippen LogP contribution < -0.4 is 15.4 Å². The number of fused-ring (bicyclic) bond motifs is 1. The van der Waals surface area contributed by atoms with Gasteiger partial charge in [-0.1, -0.05) is 12.1 Å².